The maximum Gasteiger partial charge on any atom is 0.303 e. The topological polar surface area (TPSA) is 110 Å². The number of carbonyl (C=O) groups is 1. The van der Waals surface area contributed by atoms with E-state index in [1.807, 2.05) is 0 Å². The molecule has 8 heteroatoms. The summed E-state index contributed by atoms with van der Waals surface area (Å²) >= 11 is 0. The van der Waals surface area contributed by atoms with Crippen LogP contribution in [0.4, 0.5) is 0 Å². The molecule has 1 atom stereocenters. The third kappa shape index (κ3) is 3.02. The molecule has 17 heavy (non-hydrogen) atoms. The van der Waals surface area contributed by atoms with Crippen LogP contribution in [0, 0.1) is 0 Å². The van der Waals surface area contributed by atoms with Gasteiger partial charge in [-0.2, -0.15) is 4.98 Å². The van der Waals surface area contributed by atoms with Crippen molar-refractivity contribution in [1.29, 1.82) is 0 Å². The first kappa shape index (κ1) is 12.0. The molecule has 2 heterocycles. The van der Waals surface area contributed by atoms with Gasteiger partial charge in [0.05, 0.1) is 23.8 Å². The van der Waals surface area contributed by atoms with E-state index in [4.69, 9.17) is 9.63 Å². The van der Waals surface area contributed by atoms with Crippen molar-refractivity contribution < 1.29 is 22.8 Å². The minimum absolute atomic E-state index is 0.0353. The van der Waals surface area contributed by atoms with E-state index >= 15 is 0 Å². The van der Waals surface area contributed by atoms with Gasteiger partial charge >= 0.3 is 5.97 Å². The van der Waals surface area contributed by atoms with Crippen molar-refractivity contribution in [3.05, 3.63) is 11.7 Å². The number of hydrogen-bond acceptors (Lipinski definition) is 6. The predicted octanol–water partition coefficient (Wildman–Crippen LogP) is -0.0111. The normalized spacial score (nSPS) is 22.7. The summed E-state index contributed by atoms with van der Waals surface area (Å²) in [6.45, 7) is 0. The molecule has 0 spiro atoms. The van der Waals surface area contributed by atoms with Gasteiger partial charge in [-0.05, 0) is 6.42 Å². The van der Waals surface area contributed by atoms with Gasteiger partial charge in [0, 0.05) is 6.42 Å². The van der Waals surface area contributed by atoms with E-state index in [0.29, 0.717) is 18.1 Å². The molecule has 0 bridgehead atoms. The van der Waals surface area contributed by atoms with Crippen molar-refractivity contribution in [3.8, 4) is 0 Å². The molecule has 1 fully saturated rings. The fraction of sp³-hybridized carbons (Fsp3) is 0.667. The molecule has 1 aliphatic rings. The predicted molar refractivity (Wildman–Crippen MR) is 56.3 cm³/mol. The first-order chi connectivity index (χ1) is 7.96. The van der Waals surface area contributed by atoms with Crippen LogP contribution >= 0.6 is 0 Å². The van der Waals surface area contributed by atoms with Gasteiger partial charge in [0.15, 0.2) is 15.7 Å². The van der Waals surface area contributed by atoms with E-state index in [0.717, 1.165) is 0 Å². The number of nitrogens with zero attached hydrogens (tertiary/aromatic N) is 2. The molecular formula is C9H12N2O5S. The molecule has 0 aliphatic carbocycles. The second-order valence-electron chi connectivity index (χ2n) is 4.04. The number of aromatic nitrogens is 2. The Morgan fingerprint density at radius 3 is 2.88 bits per heavy atom. The van der Waals surface area contributed by atoms with Gasteiger partial charge in [0.1, 0.15) is 0 Å². The van der Waals surface area contributed by atoms with Crippen LogP contribution in [0.5, 0.6) is 0 Å². The van der Waals surface area contributed by atoms with Crippen LogP contribution in [-0.4, -0.2) is 41.1 Å². The summed E-state index contributed by atoms with van der Waals surface area (Å²) in [4.78, 5) is 14.4. The van der Waals surface area contributed by atoms with Crippen LogP contribution in [0.2, 0.25) is 0 Å². The number of carboxylic acids is 1. The molecule has 1 saturated heterocycles. The van der Waals surface area contributed by atoms with Crippen molar-refractivity contribution in [2.45, 2.75) is 25.2 Å². The van der Waals surface area contributed by atoms with Crippen LogP contribution in [0.25, 0.3) is 0 Å². The largest absolute Gasteiger partial charge is 0.481 e. The third-order valence-electron chi connectivity index (χ3n) is 2.63. The molecule has 0 amide bonds. The molecule has 1 aliphatic heterocycles. The van der Waals surface area contributed by atoms with Gasteiger partial charge in [-0.3, -0.25) is 4.79 Å². The number of sulfone groups is 1. The zero-order valence-electron chi connectivity index (χ0n) is 9.00. The molecule has 94 valence electrons. The lowest BCUT2D eigenvalue weighted by atomic mass is 10.1. The number of aliphatic carboxylic acids is 1. The Labute approximate surface area is 97.7 Å². The van der Waals surface area contributed by atoms with E-state index < -0.39 is 15.8 Å². The summed E-state index contributed by atoms with van der Waals surface area (Å²) in [6, 6.07) is 0. The van der Waals surface area contributed by atoms with Gasteiger partial charge in [-0.25, -0.2) is 8.42 Å². The highest BCUT2D eigenvalue weighted by Gasteiger charge is 2.32. The molecule has 1 aromatic rings. The fourth-order valence-corrected chi connectivity index (χ4v) is 3.48. The molecule has 1 N–H and O–H groups in total. The summed E-state index contributed by atoms with van der Waals surface area (Å²) in [7, 11) is -2.98. The van der Waals surface area contributed by atoms with E-state index in [2.05, 4.69) is 10.1 Å². The maximum atomic E-state index is 11.3. The highest BCUT2D eigenvalue weighted by atomic mass is 32.2. The fourth-order valence-electron chi connectivity index (χ4n) is 1.74. The summed E-state index contributed by atoms with van der Waals surface area (Å²) < 4.78 is 27.5. The average Bonchev–Trinajstić information content (AvgIpc) is 2.81. The molecule has 0 radical (unpaired) electrons. The van der Waals surface area contributed by atoms with Crippen molar-refractivity contribution in [2.24, 2.45) is 0 Å². The van der Waals surface area contributed by atoms with Gasteiger partial charge in [-0.1, -0.05) is 5.16 Å². The first-order valence-electron chi connectivity index (χ1n) is 5.21. The van der Waals surface area contributed by atoms with Gasteiger partial charge in [0.25, 0.3) is 0 Å². The Balaban J connectivity index is 2.01. The zero-order chi connectivity index (χ0) is 12.5. The Hall–Kier alpha value is -1.44. The highest BCUT2D eigenvalue weighted by Crippen LogP contribution is 2.27. The quantitative estimate of drug-likeness (QED) is 0.810. The van der Waals surface area contributed by atoms with Crippen LogP contribution in [0.15, 0.2) is 4.52 Å². The van der Waals surface area contributed by atoms with Crippen molar-refractivity contribution >= 4 is 15.8 Å². The molecule has 7 nitrogen and oxygen atoms in total. The summed E-state index contributed by atoms with van der Waals surface area (Å²) in [5, 5.41) is 12.1. The summed E-state index contributed by atoms with van der Waals surface area (Å²) in [5.74, 6) is -0.387. The minimum Gasteiger partial charge on any atom is -0.481 e. The smallest absolute Gasteiger partial charge is 0.303 e. The van der Waals surface area contributed by atoms with Gasteiger partial charge < -0.3 is 9.63 Å². The minimum atomic E-state index is -2.98. The molecule has 1 aromatic heterocycles. The lowest BCUT2D eigenvalue weighted by Gasteiger charge is -1.97. The van der Waals surface area contributed by atoms with Crippen LogP contribution in [0.1, 0.15) is 30.5 Å². The van der Waals surface area contributed by atoms with Crippen LogP contribution < -0.4 is 0 Å². The third-order valence-corrected chi connectivity index (χ3v) is 4.40. The Kier molecular flexibility index (Phi) is 3.14. The van der Waals surface area contributed by atoms with E-state index in [-0.39, 0.29) is 30.3 Å². The molecule has 2 rings (SSSR count). The summed E-state index contributed by atoms with van der Waals surface area (Å²) in [5.41, 5.74) is 0. The zero-order valence-corrected chi connectivity index (χ0v) is 9.81. The van der Waals surface area contributed by atoms with E-state index in [1.54, 1.807) is 0 Å². The van der Waals surface area contributed by atoms with Crippen LogP contribution in [0.3, 0.4) is 0 Å². The second kappa shape index (κ2) is 4.44. The second-order valence-corrected chi connectivity index (χ2v) is 6.27. The van der Waals surface area contributed by atoms with E-state index in [1.165, 1.54) is 0 Å². The standard InChI is InChI=1S/C9H12N2O5S/c12-8(13)2-1-7-10-9(16-11-7)6-3-4-17(14,15)5-6/h6H,1-5H2,(H,12,13). The number of aryl methyl sites for hydroxylation is 1. The van der Waals surface area contributed by atoms with Crippen molar-refractivity contribution in [2.75, 3.05) is 11.5 Å². The highest BCUT2D eigenvalue weighted by molar-refractivity contribution is 7.91. The van der Waals surface area contributed by atoms with Crippen molar-refractivity contribution in [1.82, 2.24) is 10.1 Å². The number of hydrogen-bond donors (Lipinski definition) is 1. The lowest BCUT2D eigenvalue weighted by molar-refractivity contribution is -0.137. The van der Waals surface area contributed by atoms with Crippen molar-refractivity contribution in [3.63, 3.8) is 0 Å². The lowest BCUT2D eigenvalue weighted by Crippen LogP contribution is -2.04. The number of rotatable bonds is 4. The molecule has 0 aromatic carbocycles. The first-order valence-corrected chi connectivity index (χ1v) is 7.03. The van der Waals surface area contributed by atoms with Crippen LogP contribution in [-0.2, 0) is 21.1 Å². The summed E-state index contributed by atoms with van der Waals surface area (Å²) in [6.07, 6.45) is 0.614. The molecule has 1 unspecified atom stereocenters. The maximum absolute atomic E-state index is 11.3. The monoisotopic (exact) mass is 260 g/mol. The van der Waals surface area contributed by atoms with E-state index in [9.17, 15) is 13.2 Å². The SMILES string of the molecule is O=C(O)CCc1noc(C2CCS(=O)(=O)C2)n1. The molecule has 0 saturated carbocycles. The van der Waals surface area contributed by atoms with Gasteiger partial charge in [-0.15, -0.1) is 0 Å². The molecular weight excluding hydrogens is 248 g/mol. The Bertz CT molecular complexity index is 521. The Morgan fingerprint density at radius 2 is 2.29 bits per heavy atom. The van der Waals surface area contributed by atoms with Gasteiger partial charge in [0.2, 0.25) is 5.89 Å². The number of carboxylic acid groups (broad SMARTS) is 1. The Morgan fingerprint density at radius 1 is 1.53 bits per heavy atom. The average molecular weight is 260 g/mol.